The summed E-state index contributed by atoms with van der Waals surface area (Å²) in [4.78, 5) is 0. The number of anilines is 2. The highest BCUT2D eigenvalue weighted by atomic mass is 32.2. The zero-order valence-electron chi connectivity index (χ0n) is 10.1. The first-order valence-electron chi connectivity index (χ1n) is 5.39. The topological polar surface area (TPSA) is 78.9 Å². The smallest absolute Gasteiger partial charge is 0.0992 e. The molecule has 0 saturated carbocycles. The summed E-state index contributed by atoms with van der Waals surface area (Å²) in [5, 5.41) is 12.0. The van der Waals surface area contributed by atoms with Gasteiger partial charge in [0, 0.05) is 28.9 Å². The molecule has 2 atom stereocenters. The maximum Gasteiger partial charge on any atom is 0.0992 e. The van der Waals surface area contributed by atoms with Crippen LogP contribution in [0.5, 0.6) is 0 Å². The standard InChI is InChI=1S/C12H17N3OS/c1-9(5-6-17(2)16)15-12-7-10(8-13)3-4-11(12)14/h3-4,7,9,15H,5-6,14H2,1-2H3. The number of nitrogen functional groups attached to an aromatic ring is 1. The molecule has 0 aromatic heterocycles. The zero-order chi connectivity index (χ0) is 12.8. The van der Waals surface area contributed by atoms with Crippen LogP contribution in [0.1, 0.15) is 18.9 Å². The molecule has 0 bridgehead atoms. The first-order valence-corrected chi connectivity index (χ1v) is 7.12. The van der Waals surface area contributed by atoms with Crippen molar-refractivity contribution in [2.24, 2.45) is 0 Å². The fourth-order valence-electron chi connectivity index (χ4n) is 1.43. The highest BCUT2D eigenvalue weighted by molar-refractivity contribution is 7.84. The van der Waals surface area contributed by atoms with E-state index < -0.39 is 10.8 Å². The van der Waals surface area contributed by atoms with Gasteiger partial charge in [-0.3, -0.25) is 4.21 Å². The Morgan fingerprint density at radius 3 is 2.88 bits per heavy atom. The molecule has 3 N–H and O–H groups in total. The number of nitrogens with zero attached hydrogens (tertiary/aromatic N) is 1. The number of nitrogens with one attached hydrogen (secondary N) is 1. The van der Waals surface area contributed by atoms with Gasteiger partial charge in [-0.2, -0.15) is 5.26 Å². The van der Waals surface area contributed by atoms with Gasteiger partial charge in [-0.15, -0.1) is 0 Å². The normalized spacial score (nSPS) is 13.7. The van der Waals surface area contributed by atoms with Crippen molar-refractivity contribution in [3.63, 3.8) is 0 Å². The number of rotatable bonds is 5. The van der Waals surface area contributed by atoms with Crippen LogP contribution in [-0.4, -0.2) is 22.3 Å². The fraction of sp³-hybridized carbons (Fsp3) is 0.417. The molecule has 2 unspecified atom stereocenters. The predicted octanol–water partition coefficient (Wildman–Crippen LogP) is 1.71. The molecular weight excluding hydrogens is 234 g/mol. The predicted molar refractivity (Wildman–Crippen MR) is 72.2 cm³/mol. The summed E-state index contributed by atoms with van der Waals surface area (Å²) in [6.07, 6.45) is 2.50. The number of nitriles is 1. The zero-order valence-corrected chi connectivity index (χ0v) is 10.9. The molecule has 0 amide bonds. The highest BCUT2D eigenvalue weighted by Gasteiger charge is 2.06. The summed E-state index contributed by atoms with van der Waals surface area (Å²) < 4.78 is 11.0. The molecule has 17 heavy (non-hydrogen) atoms. The van der Waals surface area contributed by atoms with Gasteiger partial charge in [0.05, 0.1) is 23.0 Å². The van der Waals surface area contributed by atoms with E-state index in [9.17, 15) is 4.21 Å². The van der Waals surface area contributed by atoms with Gasteiger partial charge < -0.3 is 11.1 Å². The lowest BCUT2D eigenvalue weighted by Crippen LogP contribution is -2.18. The fourth-order valence-corrected chi connectivity index (χ4v) is 2.12. The number of hydrogen-bond donors (Lipinski definition) is 2. The van der Waals surface area contributed by atoms with Crippen molar-refractivity contribution < 1.29 is 4.21 Å². The van der Waals surface area contributed by atoms with Gasteiger partial charge in [0.2, 0.25) is 0 Å². The summed E-state index contributed by atoms with van der Waals surface area (Å²) >= 11 is 0. The summed E-state index contributed by atoms with van der Waals surface area (Å²) in [5.41, 5.74) is 7.77. The summed E-state index contributed by atoms with van der Waals surface area (Å²) in [6.45, 7) is 2.01. The average Bonchev–Trinajstić information content (AvgIpc) is 2.29. The monoisotopic (exact) mass is 251 g/mol. The van der Waals surface area contributed by atoms with E-state index in [1.165, 1.54) is 0 Å². The second-order valence-corrected chi connectivity index (χ2v) is 5.58. The lowest BCUT2D eigenvalue weighted by molar-refractivity contribution is 0.678. The van der Waals surface area contributed by atoms with Crippen LogP contribution in [-0.2, 0) is 10.8 Å². The molecule has 4 nitrogen and oxygen atoms in total. The first kappa shape index (κ1) is 13.5. The molecular formula is C12H17N3OS. The van der Waals surface area contributed by atoms with Crippen LogP contribution in [0.2, 0.25) is 0 Å². The van der Waals surface area contributed by atoms with Gasteiger partial charge in [-0.05, 0) is 31.5 Å². The third-order valence-corrected chi connectivity index (χ3v) is 3.23. The molecule has 0 saturated heterocycles. The number of hydrogen-bond acceptors (Lipinski definition) is 4. The van der Waals surface area contributed by atoms with Crippen LogP contribution < -0.4 is 11.1 Å². The third-order valence-electron chi connectivity index (χ3n) is 2.42. The molecule has 1 aromatic rings. The molecule has 5 heteroatoms. The Morgan fingerprint density at radius 1 is 1.59 bits per heavy atom. The van der Waals surface area contributed by atoms with E-state index in [1.54, 1.807) is 24.5 Å². The first-order chi connectivity index (χ1) is 8.02. The minimum Gasteiger partial charge on any atom is -0.397 e. The quantitative estimate of drug-likeness (QED) is 0.781. The maximum atomic E-state index is 11.0. The van der Waals surface area contributed by atoms with Crippen molar-refractivity contribution in [1.82, 2.24) is 0 Å². The highest BCUT2D eigenvalue weighted by Crippen LogP contribution is 2.21. The molecule has 0 aliphatic carbocycles. The summed E-state index contributed by atoms with van der Waals surface area (Å²) in [7, 11) is -0.779. The summed E-state index contributed by atoms with van der Waals surface area (Å²) in [6, 6.07) is 7.38. The van der Waals surface area contributed by atoms with E-state index in [1.807, 2.05) is 6.92 Å². The van der Waals surface area contributed by atoms with Crippen molar-refractivity contribution >= 4 is 22.2 Å². The Bertz CT molecular complexity index is 454. The Balaban J connectivity index is 2.67. The lowest BCUT2D eigenvalue weighted by atomic mass is 10.1. The van der Waals surface area contributed by atoms with Gasteiger partial charge in [0.25, 0.3) is 0 Å². The van der Waals surface area contributed by atoms with E-state index in [4.69, 9.17) is 11.0 Å². The molecule has 92 valence electrons. The Labute approximate surface area is 104 Å². The van der Waals surface area contributed by atoms with Gasteiger partial charge in [-0.25, -0.2) is 0 Å². The third kappa shape index (κ3) is 4.45. The molecule has 0 spiro atoms. The summed E-state index contributed by atoms with van der Waals surface area (Å²) in [5.74, 6) is 0.659. The van der Waals surface area contributed by atoms with Crippen molar-refractivity contribution in [1.29, 1.82) is 5.26 Å². The SMILES string of the molecule is CC(CCS(C)=O)Nc1cc(C#N)ccc1N. The minimum absolute atomic E-state index is 0.176. The van der Waals surface area contributed by atoms with Crippen LogP contribution in [0.4, 0.5) is 11.4 Å². The van der Waals surface area contributed by atoms with Gasteiger partial charge >= 0.3 is 0 Å². The van der Waals surface area contributed by atoms with Crippen LogP contribution in [0.15, 0.2) is 18.2 Å². The molecule has 0 aliphatic heterocycles. The number of nitrogens with two attached hydrogens (primary N) is 1. The van der Waals surface area contributed by atoms with E-state index in [2.05, 4.69) is 11.4 Å². The van der Waals surface area contributed by atoms with Crippen molar-refractivity contribution in [3.05, 3.63) is 23.8 Å². The van der Waals surface area contributed by atoms with E-state index in [-0.39, 0.29) is 6.04 Å². The minimum atomic E-state index is -0.779. The Kier molecular flexibility index (Phi) is 4.98. The molecule has 0 radical (unpaired) electrons. The van der Waals surface area contributed by atoms with Gasteiger partial charge in [-0.1, -0.05) is 0 Å². The van der Waals surface area contributed by atoms with Gasteiger partial charge in [0.15, 0.2) is 0 Å². The molecule has 0 heterocycles. The van der Waals surface area contributed by atoms with Crippen LogP contribution in [0, 0.1) is 11.3 Å². The Hall–Kier alpha value is -1.54. The lowest BCUT2D eigenvalue weighted by Gasteiger charge is -2.16. The van der Waals surface area contributed by atoms with E-state index in [0.717, 1.165) is 12.1 Å². The molecule has 0 aliphatic rings. The van der Waals surface area contributed by atoms with Crippen molar-refractivity contribution in [2.75, 3.05) is 23.1 Å². The van der Waals surface area contributed by atoms with Crippen molar-refractivity contribution in [3.8, 4) is 6.07 Å². The van der Waals surface area contributed by atoms with E-state index >= 15 is 0 Å². The maximum absolute atomic E-state index is 11.0. The molecule has 0 fully saturated rings. The second-order valence-electron chi connectivity index (χ2n) is 4.03. The average molecular weight is 251 g/mol. The van der Waals surface area contributed by atoms with Crippen LogP contribution >= 0.6 is 0 Å². The van der Waals surface area contributed by atoms with Crippen LogP contribution in [0.3, 0.4) is 0 Å². The molecule has 1 rings (SSSR count). The van der Waals surface area contributed by atoms with Crippen molar-refractivity contribution in [2.45, 2.75) is 19.4 Å². The van der Waals surface area contributed by atoms with Gasteiger partial charge in [0.1, 0.15) is 0 Å². The largest absolute Gasteiger partial charge is 0.397 e. The second kappa shape index (κ2) is 6.26. The Morgan fingerprint density at radius 2 is 2.29 bits per heavy atom. The van der Waals surface area contributed by atoms with E-state index in [0.29, 0.717) is 17.0 Å². The van der Waals surface area contributed by atoms with Crippen LogP contribution in [0.25, 0.3) is 0 Å². The number of benzene rings is 1. The molecule has 1 aromatic carbocycles.